The number of rotatable bonds is 6. The molecule has 0 spiro atoms. The molecule has 2 rings (SSSR count). The van der Waals surface area contributed by atoms with E-state index in [1.807, 2.05) is 17.5 Å². The summed E-state index contributed by atoms with van der Waals surface area (Å²) < 4.78 is 40.8. The molecule has 2 aromatic rings. The molecule has 0 amide bonds. The molecule has 21 heavy (non-hydrogen) atoms. The number of halogens is 1. The van der Waals surface area contributed by atoms with E-state index < -0.39 is 15.8 Å². The fourth-order valence-corrected chi connectivity index (χ4v) is 4.19. The minimum atomic E-state index is -3.90. The van der Waals surface area contributed by atoms with Crippen molar-refractivity contribution in [2.24, 2.45) is 5.73 Å². The predicted octanol–water partition coefficient (Wildman–Crippen LogP) is 2.26. The van der Waals surface area contributed by atoms with Gasteiger partial charge in [0.25, 0.3) is 0 Å². The highest BCUT2D eigenvalue weighted by Gasteiger charge is 2.22. The molecule has 1 aromatic carbocycles. The van der Waals surface area contributed by atoms with Crippen molar-refractivity contribution in [3.63, 3.8) is 0 Å². The predicted molar refractivity (Wildman–Crippen MR) is 82.1 cm³/mol. The Morgan fingerprint density at radius 1 is 1.38 bits per heavy atom. The maximum atomic E-state index is 13.8. The average molecular weight is 328 g/mol. The summed E-state index contributed by atoms with van der Waals surface area (Å²) >= 11 is 1.56. The molecule has 0 aliphatic heterocycles. The van der Waals surface area contributed by atoms with Gasteiger partial charge in [0, 0.05) is 17.5 Å². The van der Waals surface area contributed by atoms with Gasteiger partial charge in [-0.05, 0) is 42.5 Å². The highest BCUT2D eigenvalue weighted by Crippen LogP contribution is 2.18. The lowest BCUT2D eigenvalue weighted by molar-refractivity contribution is 0.542. The van der Waals surface area contributed by atoms with E-state index in [2.05, 4.69) is 4.72 Å². The minimum absolute atomic E-state index is 0.160. The number of hydrogen-bond donors (Lipinski definition) is 2. The first-order valence-electron chi connectivity index (χ1n) is 6.45. The summed E-state index contributed by atoms with van der Waals surface area (Å²) in [5.74, 6) is -0.775. The van der Waals surface area contributed by atoms with Gasteiger partial charge in [-0.3, -0.25) is 0 Å². The van der Waals surface area contributed by atoms with Crippen LogP contribution in [0, 0.1) is 5.82 Å². The van der Waals surface area contributed by atoms with Gasteiger partial charge >= 0.3 is 0 Å². The highest BCUT2D eigenvalue weighted by atomic mass is 32.2. The molecule has 0 saturated carbocycles. The molecule has 0 saturated heterocycles. The van der Waals surface area contributed by atoms with E-state index in [0.717, 1.165) is 10.9 Å². The Bertz CT molecular complexity index is 700. The van der Waals surface area contributed by atoms with Crippen molar-refractivity contribution in [2.75, 3.05) is 0 Å². The number of nitrogens with two attached hydrogens (primary N) is 1. The Morgan fingerprint density at radius 2 is 2.14 bits per heavy atom. The van der Waals surface area contributed by atoms with E-state index in [1.54, 1.807) is 18.3 Å². The van der Waals surface area contributed by atoms with Crippen molar-refractivity contribution in [2.45, 2.75) is 30.8 Å². The van der Waals surface area contributed by atoms with Crippen LogP contribution in [0.4, 0.5) is 4.39 Å². The second-order valence-corrected chi connectivity index (χ2v) is 7.49. The Labute approximate surface area is 127 Å². The lowest BCUT2D eigenvalue weighted by Crippen LogP contribution is -2.34. The van der Waals surface area contributed by atoms with E-state index >= 15 is 0 Å². The number of nitrogens with one attached hydrogen (secondary N) is 1. The van der Waals surface area contributed by atoms with Gasteiger partial charge in [-0.15, -0.1) is 11.3 Å². The van der Waals surface area contributed by atoms with E-state index in [1.165, 1.54) is 12.1 Å². The molecular formula is C14H17FN2O2S2. The molecule has 7 heteroatoms. The molecule has 1 heterocycles. The molecule has 0 bridgehead atoms. The SMILES string of the molecule is CC(Cc1cccs1)NS(=O)(=O)c1cc(CN)ccc1F. The highest BCUT2D eigenvalue weighted by molar-refractivity contribution is 7.89. The Kier molecular flexibility index (Phi) is 5.10. The molecule has 1 atom stereocenters. The van der Waals surface area contributed by atoms with Crippen molar-refractivity contribution < 1.29 is 12.8 Å². The first-order chi connectivity index (χ1) is 9.92. The van der Waals surface area contributed by atoms with Crippen LogP contribution in [-0.2, 0) is 23.0 Å². The summed E-state index contributed by atoms with van der Waals surface area (Å²) in [6.07, 6.45) is 0.565. The summed E-state index contributed by atoms with van der Waals surface area (Å²) in [7, 11) is -3.90. The van der Waals surface area contributed by atoms with Crippen LogP contribution in [-0.4, -0.2) is 14.5 Å². The van der Waals surface area contributed by atoms with Crippen LogP contribution in [0.3, 0.4) is 0 Å². The number of hydrogen-bond acceptors (Lipinski definition) is 4. The van der Waals surface area contributed by atoms with Gasteiger partial charge in [0.1, 0.15) is 10.7 Å². The third-order valence-corrected chi connectivity index (χ3v) is 5.47. The second kappa shape index (κ2) is 6.65. The van der Waals surface area contributed by atoms with Gasteiger partial charge in [-0.2, -0.15) is 0 Å². The monoisotopic (exact) mass is 328 g/mol. The molecule has 0 aliphatic carbocycles. The third-order valence-electron chi connectivity index (χ3n) is 2.96. The Balaban J connectivity index is 2.18. The first-order valence-corrected chi connectivity index (χ1v) is 8.82. The molecule has 114 valence electrons. The minimum Gasteiger partial charge on any atom is -0.326 e. The zero-order chi connectivity index (χ0) is 15.5. The van der Waals surface area contributed by atoms with Crippen LogP contribution >= 0.6 is 11.3 Å². The van der Waals surface area contributed by atoms with Crippen molar-refractivity contribution >= 4 is 21.4 Å². The topological polar surface area (TPSA) is 72.2 Å². The molecule has 1 unspecified atom stereocenters. The van der Waals surface area contributed by atoms with E-state index in [-0.39, 0.29) is 17.5 Å². The van der Waals surface area contributed by atoms with Gasteiger partial charge < -0.3 is 5.73 Å². The molecule has 4 nitrogen and oxygen atoms in total. The number of thiophene rings is 1. The quantitative estimate of drug-likeness (QED) is 0.854. The lowest BCUT2D eigenvalue weighted by atomic mass is 10.2. The van der Waals surface area contributed by atoms with Gasteiger partial charge in [-0.25, -0.2) is 17.5 Å². The van der Waals surface area contributed by atoms with Crippen LogP contribution in [0.15, 0.2) is 40.6 Å². The lowest BCUT2D eigenvalue weighted by Gasteiger charge is -2.14. The zero-order valence-corrected chi connectivity index (χ0v) is 13.2. The summed E-state index contributed by atoms with van der Waals surface area (Å²) in [4.78, 5) is 0.713. The average Bonchev–Trinajstić information content (AvgIpc) is 2.91. The van der Waals surface area contributed by atoms with Crippen LogP contribution in [0.1, 0.15) is 17.4 Å². The molecular weight excluding hydrogens is 311 g/mol. The fourth-order valence-electron chi connectivity index (χ4n) is 1.98. The summed E-state index contributed by atoms with van der Waals surface area (Å²) in [6, 6.07) is 7.39. The largest absolute Gasteiger partial charge is 0.326 e. The second-order valence-electron chi connectivity index (χ2n) is 4.77. The standard InChI is InChI=1S/C14H17FN2O2S2/c1-10(7-12-3-2-6-20-12)17-21(18,19)14-8-11(9-16)4-5-13(14)15/h2-6,8,10,17H,7,9,16H2,1H3. The summed E-state index contributed by atoms with van der Waals surface area (Å²) in [6.45, 7) is 1.91. The van der Waals surface area contributed by atoms with Crippen molar-refractivity contribution in [1.29, 1.82) is 0 Å². The van der Waals surface area contributed by atoms with Crippen LogP contribution in [0.5, 0.6) is 0 Å². The van der Waals surface area contributed by atoms with Crippen molar-refractivity contribution in [3.8, 4) is 0 Å². The maximum Gasteiger partial charge on any atom is 0.243 e. The smallest absolute Gasteiger partial charge is 0.243 e. The van der Waals surface area contributed by atoms with Gasteiger partial charge in [0.15, 0.2) is 0 Å². The summed E-state index contributed by atoms with van der Waals surface area (Å²) in [5, 5.41) is 1.93. The Morgan fingerprint density at radius 3 is 2.76 bits per heavy atom. The molecule has 0 aliphatic rings. The Hall–Kier alpha value is -1.28. The molecule has 0 radical (unpaired) electrons. The normalized spacial score (nSPS) is 13.3. The van der Waals surface area contributed by atoms with Crippen LogP contribution < -0.4 is 10.5 Å². The van der Waals surface area contributed by atoms with Crippen molar-refractivity contribution in [3.05, 3.63) is 52.0 Å². The zero-order valence-electron chi connectivity index (χ0n) is 11.5. The summed E-state index contributed by atoms with van der Waals surface area (Å²) in [5.41, 5.74) is 6.04. The van der Waals surface area contributed by atoms with Crippen molar-refractivity contribution in [1.82, 2.24) is 4.72 Å². The maximum absolute atomic E-state index is 13.8. The molecule has 1 aromatic heterocycles. The molecule has 3 N–H and O–H groups in total. The fraction of sp³-hybridized carbons (Fsp3) is 0.286. The van der Waals surface area contributed by atoms with Gasteiger partial charge in [0.2, 0.25) is 10.0 Å². The van der Waals surface area contributed by atoms with Crippen LogP contribution in [0.25, 0.3) is 0 Å². The third kappa shape index (κ3) is 4.10. The van der Waals surface area contributed by atoms with Crippen LogP contribution in [0.2, 0.25) is 0 Å². The number of sulfonamides is 1. The number of benzene rings is 1. The van der Waals surface area contributed by atoms with E-state index in [0.29, 0.717) is 12.0 Å². The van der Waals surface area contributed by atoms with Gasteiger partial charge in [-0.1, -0.05) is 12.1 Å². The van der Waals surface area contributed by atoms with E-state index in [4.69, 9.17) is 5.73 Å². The molecule has 0 fully saturated rings. The van der Waals surface area contributed by atoms with Gasteiger partial charge in [0.05, 0.1) is 0 Å². The van der Waals surface area contributed by atoms with E-state index in [9.17, 15) is 12.8 Å². The first kappa shape index (κ1) is 16.1.